The first-order valence-electron chi connectivity index (χ1n) is 7.49. The summed E-state index contributed by atoms with van der Waals surface area (Å²) in [6.07, 6.45) is 0.359. The zero-order chi connectivity index (χ0) is 13.4. The molecule has 2 unspecified atom stereocenters. The molecule has 0 spiro atoms. The van der Waals surface area contributed by atoms with Gasteiger partial charge in [-0.15, -0.1) is 0 Å². The van der Waals surface area contributed by atoms with E-state index in [1.165, 1.54) is 0 Å². The van der Waals surface area contributed by atoms with Crippen LogP contribution in [0.4, 0.5) is 0 Å². The highest BCUT2D eigenvalue weighted by Gasteiger charge is 2.19. The van der Waals surface area contributed by atoms with Crippen LogP contribution in [-0.2, 0) is 4.74 Å². The quantitative estimate of drug-likeness (QED) is 0.703. The molecule has 0 saturated carbocycles. The summed E-state index contributed by atoms with van der Waals surface area (Å²) in [7, 11) is 0. The van der Waals surface area contributed by atoms with Crippen LogP contribution < -0.4 is 5.32 Å². The average molecular weight is 257 g/mol. The first-order chi connectivity index (χ1) is 8.69. The van der Waals surface area contributed by atoms with Crippen LogP contribution >= 0.6 is 0 Å². The fourth-order valence-corrected chi connectivity index (χ4v) is 2.46. The molecule has 1 rings (SSSR count). The number of nitrogens with one attached hydrogen (secondary N) is 1. The van der Waals surface area contributed by atoms with Gasteiger partial charge in [0, 0.05) is 32.2 Å². The van der Waals surface area contributed by atoms with Crippen LogP contribution in [0, 0.1) is 0 Å². The summed E-state index contributed by atoms with van der Waals surface area (Å²) < 4.78 is 5.80. The second-order valence-electron chi connectivity index (χ2n) is 5.18. The van der Waals surface area contributed by atoms with Crippen LogP contribution in [0.15, 0.2) is 0 Å². The Morgan fingerprint density at radius 2 is 2.06 bits per heavy atom. The number of ether oxygens (including phenoxy) is 1. The highest BCUT2D eigenvalue weighted by atomic mass is 16.5. The Morgan fingerprint density at radius 1 is 1.33 bits per heavy atom. The van der Waals surface area contributed by atoms with Crippen molar-refractivity contribution >= 4 is 0 Å². The standard InChI is InChI=1S/C14H31N3O/c1-5-16(6-2)11-13(4)15-10-14-12-17(7-3)8-9-18-14/h13-15H,5-12H2,1-4H3. The highest BCUT2D eigenvalue weighted by molar-refractivity contribution is 4.75. The molecule has 1 heterocycles. The average Bonchev–Trinajstić information content (AvgIpc) is 2.42. The van der Waals surface area contributed by atoms with Crippen molar-refractivity contribution in [1.82, 2.24) is 15.1 Å². The van der Waals surface area contributed by atoms with Gasteiger partial charge in [0.05, 0.1) is 12.7 Å². The minimum atomic E-state index is 0.359. The second-order valence-corrected chi connectivity index (χ2v) is 5.18. The molecular weight excluding hydrogens is 226 g/mol. The summed E-state index contributed by atoms with van der Waals surface area (Å²) in [5.74, 6) is 0. The molecule has 4 heteroatoms. The summed E-state index contributed by atoms with van der Waals surface area (Å²) in [6, 6.07) is 0.533. The molecule has 0 bridgehead atoms. The van der Waals surface area contributed by atoms with Crippen molar-refractivity contribution in [3.63, 3.8) is 0 Å². The van der Waals surface area contributed by atoms with Crippen molar-refractivity contribution in [3.8, 4) is 0 Å². The van der Waals surface area contributed by atoms with Crippen LogP contribution in [0.3, 0.4) is 0 Å². The van der Waals surface area contributed by atoms with Crippen molar-refractivity contribution in [3.05, 3.63) is 0 Å². The third kappa shape index (κ3) is 5.65. The zero-order valence-electron chi connectivity index (χ0n) is 12.6. The van der Waals surface area contributed by atoms with E-state index in [0.717, 1.165) is 52.4 Å². The third-order valence-corrected chi connectivity index (χ3v) is 3.79. The monoisotopic (exact) mass is 257 g/mol. The lowest BCUT2D eigenvalue weighted by molar-refractivity contribution is -0.0264. The lowest BCUT2D eigenvalue weighted by Crippen LogP contribution is -2.49. The number of likely N-dealkylation sites (N-methyl/N-ethyl adjacent to an activating group) is 2. The molecule has 0 aliphatic carbocycles. The van der Waals surface area contributed by atoms with Crippen LogP contribution in [0.5, 0.6) is 0 Å². The van der Waals surface area contributed by atoms with Gasteiger partial charge >= 0.3 is 0 Å². The van der Waals surface area contributed by atoms with Crippen molar-refractivity contribution < 1.29 is 4.74 Å². The lowest BCUT2D eigenvalue weighted by Gasteiger charge is -2.33. The number of hydrogen-bond donors (Lipinski definition) is 1. The Bertz CT molecular complexity index is 209. The number of rotatable bonds is 8. The SMILES string of the molecule is CCN(CC)CC(C)NCC1CN(CC)CCO1. The minimum Gasteiger partial charge on any atom is -0.374 e. The van der Waals surface area contributed by atoms with E-state index in [4.69, 9.17) is 4.74 Å². The molecule has 0 aromatic heterocycles. The molecule has 18 heavy (non-hydrogen) atoms. The van der Waals surface area contributed by atoms with Gasteiger partial charge in [-0.05, 0) is 26.6 Å². The van der Waals surface area contributed by atoms with Crippen molar-refractivity contribution in [2.24, 2.45) is 0 Å². The molecule has 4 nitrogen and oxygen atoms in total. The van der Waals surface area contributed by atoms with Gasteiger partial charge in [0.2, 0.25) is 0 Å². The largest absolute Gasteiger partial charge is 0.374 e. The van der Waals surface area contributed by atoms with Crippen LogP contribution in [-0.4, -0.2) is 74.4 Å². The maximum absolute atomic E-state index is 5.80. The fourth-order valence-electron chi connectivity index (χ4n) is 2.46. The molecule has 0 aromatic carbocycles. The molecule has 1 fully saturated rings. The Balaban J connectivity index is 2.19. The van der Waals surface area contributed by atoms with E-state index in [-0.39, 0.29) is 0 Å². The van der Waals surface area contributed by atoms with Crippen LogP contribution in [0.2, 0.25) is 0 Å². The van der Waals surface area contributed by atoms with Gasteiger partial charge < -0.3 is 15.0 Å². The molecule has 0 amide bonds. The molecule has 1 saturated heterocycles. The van der Waals surface area contributed by atoms with E-state index in [0.29, 0.717) is 12.1 Å². The fraction of sp³-hybridized carbons (Fsp3) is 1.00. The number of hydrogen-bond acceptors (Lipinski definition) is 4. The van der Waals surface area contributed by atoms with Gasteiger partial charge in [-0.3, -0.25) is 4.90 Å². The van der Waals surface area contributed by atoms with E-state index < -0.39 is 0 Å². The maximum atomic E-state index is 5.80. The first kappa shape index (κ1) is 15.9. The molecule has 0 radical (unpaired) electrons. The van der Waals surface area contributed by atoms with E-state index in [9.17, 15) is 0 Å². The molecular formula is C14H31N3O. The van der Waals surface area contributed by atoms with Crippen molar-refractivity contribution in [2.45, 2.75) is 39.8 Å². The maximum Gasteiger partial charge on any atom is 0.0826 e. The highest BCUT2D eigenvalue weighted by Crippen LogP contribution is 2.04. The molecule has 1 aliphatic rings. The van der Waals surface area contributed by atoms with E-state index in [1.54, 1.807) is 0 Å². The Morgan fingerprint density at radius 3 is 2.67 bits per heavy atom. The van der Waals surface area contributed by atoms with E-state index >= 15 is 0 Å². The smallest absolute Gasteiger partial charge is 0.0826 e. The molecule has 1 N–H and O–H groups in total. The van der Waals surface area contributed by atoms with Gasteiger partial charge in [0.1, 0.15) is 0 Å². The van der Waals surface area contributed by atoms with Crippen LogP contribution in [0.25, 0.3) is 0 Å². The normalized spacial score (nSPS) is 23.5. The summed E-state index contributed by atoms with van der Waals surface area (Å²) in [6.45, 7) is 17.5. The minimum absolute atomic E-state index is 0.359. The summed E-state index contributed by atoms with van der Waals surface area (Å²) in [5, 5.41) is 3.60. The molecule has 0 aromatic rings. The Kier molecular flexibility index (Phi) is 7.82. The van der Waals surface area contributed by atoms with Gasteiger partial charge in [-0.2, -0.15) is 0 Å². The first-order valence-corrected chi connectivity index (χ1v) is 7.49. The van der Waals surface area contributed by atoms with Gasteiger partial charge in [0.25, 0.3) is 0 Å². The van der Waals surface area contributed by atoms with Crippen molar-refractivity contribution in [1.29, 1.82) is 0 Å². The van der Waals surface area contributed by atoms with Crippen molar-refractivity contribution in [2.75, 3.05) is 52.4 Å². The van der Waals surface area contributed by atoms with Crippen LogP contribution in [0.1, 0.15) is 27.7 Å². The zero-order valence-corrected chi connectivity index (χ0v) is 12.6. The molecule has 108 valence electrons. The Labute approximate surface area is 113 Å². The third-order valence-electron chi connectivity index (χ3n) is 3.79. The second kappa shape index (κ2) is 8.86. The lowest BCUT2D eigenvalue weighted by atomic mass is 10.2. The summed E-state index contributed by atoms with van der Waals surface area (Å²) in [4.78, 5) is 4.92. The van der Waals surface area contributed by atoms with Gasteiger partial charge in [-0.25, -0.2) is 0 Å². The molecule has 2 atom stereocenters. The predicted octanol–water partition coefficient (Wildman–Crippen LogP) is 1.03. The summed E-state index contributed by atoms with van der Waals surface area (Å²) in [5.41, 5.74) is 0. The number of morpholine rings is 1. The molecule has 1 aliphatic heterocycles. The Hall–Kier alpha value is -0.160. The van der Waals surface area contributed by atoms with E-state index in [1.807, 2.05) is 0 Å². The number of nitrogens with zero attached hydrogens (tertiary/aromatic N) is 2. The van der Waals surface area contributed by atoms with Gasteiger partial charge in [-0.1, -0.05) is 20.8 Å². The van der Waals surface area contributed by atoms with E-state index in [2.05, 4.69) is 42.8 Å². The topological polar surface area (TPSA) is 27.7 Å². The van der Waals surface area contributed by atoms with Gasteiger partial charge in [0.15, 0.2) is 0 Å². The summed E-state index contributed by atoms with van der Waals surface area (Å²) >= 11 is 0. The predicted molar refractivity (Wildman–Crippen MR) is 77.1 cm³/mol.